The lowest BCUT2D eigenvalue weighted by molar-refractivity contribution is -0.123. The van der Waals surface area contributed by atoms with E-state index >= 15 is 0 Å². The van der Waals surface area contributed by atoms with Crippen molar-refractivity contribution >= 4 is 5.91 Å². The molecule has 4 rings (SSSR count). The number of likely N-dealkylation sites (tertiary alicyclic amines) is 1. The van der Waals surface area contributed by atoms with E-state index in [0.29, 0.717) is 5.92 Å². The lowest BCUT2D eigenvalue weighted by Gasteiger charge is -2.32. The van der Waals surface area contributed by atoms with Crippen LogP contribution in [0.15, 0.2) is 24.3 Å². The summed E-state index contributed by atoms with van der Waals surface area (Å²) < 4.78 is 0. The Balaban J connectivity index is 1.25. The van der Waals surface area contributed by atoms with Gasteiger partial charge in [-0.1, -0.05) is 12.1 Å². The number of nitrogens with one attached hydrogen (secondary N) is 1. The first-order chi connectivity index (χ1) is 11.7. The molecule has 3 aliphatic rings. The van der Waals surface area contributed by atoms with Crippen LogP contribution >= 0.6 is 0 Å². The Bertz CT molecular complexity index is 582. The number of benzene rings is 1. The van der Waals surface area contributed by atoms with Gasteiger partial charge in [0.05, 0.1) is 5.41 Å². The topological polar surface area (TPSA) is 52.6 Å². The maximum atomic E-state index is 12.7. The second kappa shape index (κ2) is 6.40. The van der Waals surface area contributed by atoms with Gasteiger partial charge in [-0.25, -0.2) is 0 Å². The first-order valence-electron chi connectivity index (χ1n) is 9.46. The summed E-state index contributed by atoms with van der Waals surface area (Å²) in [7, 11) is 0. The molecule has 2 saturated carbocycles. The highest BCUT2D eigenvalue weighted by molar-refractivity contribution is 5.91. The Kier molecular flexibility index (Phi) is 4.25. The third kappa shape index (κ3) is 3.44. The molecule has 0 spiro atoms. The molecule has 1 aromatic rings. The summed E-state index contributed by atoms with van der Waals surface area (Å²) in [5.41, 5.74) is 0.706. The zero-order valence-corrected chi connectivity index (χ0v) is 14.3. The number of phenolic OH excluding ortho intramolecular Hbond substituents is 1. The maximum Gasteiger partial charge on any atom is 0.230 e. The number of phenols is 1. The van der Waals surface area contributed by atoms with Crippen LogP contribution in [0, 0.1) is 11.8 Å². The predicted octanol–water partition coefficient (Wildman–Crippen LogP) is 2.66. The van der Waals surface area contributed by atoms with Crippen molar-refractivity contribution in [2.45, 2.75) is 43.9 Å². The minimum absolute atomic E-state index is 0.175. The molecule has 0 aromatic heterocycles. The van der Waals surface area contributed by atoms with Gasteiger partial charge in [0.1, 0.15) is 5.75 Å². The molecule has 0 bridgehead atoms. The standard InChI is InChI=1S/C20H28N2O2/c23-18-5-3-17(4-6-18)20(9-10-20)19(24)21-13-15-7-11-22(12-8-15)14-16-1-2-16/h3-6,15-16,23H,1-2,7-14H2,(H,21,24). The van der Waals surface area contributed by atoms with Crippen molar-refractivity contribution in [2.24, 2.45) is 11.8 Å². The first kappa shape index (κ1) is 15.9. The minimum Gasteiger partial charge on any atom is -0.508 e. The summed E-state index contributed by atoms with van der Waals surface area (Å²) in [5, 5.41) is 12.6. The van der Waals surface area contributed by atoms with Crippen LogP contribution < -0.4 is 5.32 Å². The molecule has 1 aliphatic heterocycles. The normalized spacial score (nSPS) is 23.8. The van der Waals surface area contributed by atoms with E-state index in [4.69, 9.17) is 0 Å². The number of aromatic hydroxyl groups is 1. The van der Waals surface area contributed by atoms with Gasteiger partial charge in [0, 0.05) is 13.1 Å². The fraction of sp³-hybridized carbons (Fsp3) is 0.650. The van der Waals surface area contributed by atoms with Crippen LogP contribution in [0.5, 0.6) is 5.75 Å². The Morgan fingerprint density at radius 2 is 1.75 bits per heavy atom. The highest BCUT2D eigenvalue weighted by atomic mass is 16.3. The quantitative estimate of drug-likeness (QED) is 0.844. The highest BCUT2D eigenvalue weighted by Gasteiger charge is 2.51. The van der Waals surface area contributed by atoms with Crippen molar-refractivity contribution in [1.82, 2.24) is 10.2 Å². The number of hydrogen-bond donors (Lipinski definition) is 2. The molecule has 130 valence electrons. The maximum absolute atomic E-state index is 12.7. The molecule has 2 aliphatic carbocycles. The molecular formula is C20H28N2O2. The average Bonchev–Trinajstić information content (AvgIpc) is 3.49. The molecule has 1 saturated heterocycles. The second-order valence-corrected chi connectivity index (χ2v) is 8.03. The van der Waals surface area contributed by atoms with E-state index in [9.17, 15) is 9.90 Å². The van der Waals surface area contributed by atoms with Gasteiger partial charge < -0.3 is 15.3 Å². The summed E-state index contributed by atoms with van der Waals surface area (Å²) in [6.45, 7) is 4.50. The molecular weight excluding hydrogens is 300 g/mol. The molecule has 0 radical (unpaired) electrons. The van der Waals surface area contributed by atoms with E-state index in [-0.39, 0.29) is 17.1 Å². The second-order valence-electron chi connectivity index (χ2n) is 8.03. The number of hydrogen-bond acceptors (Lipinski definition) is 3. The molecule has 4 nitrogen and oxygen atoms in total. The average molecular weight is 328 g/mol. The van der Waals surface area contributed by atoms with E-state index in [1.807, 2.05) is 12.1 Å². The van der Waals surface area contributed by atoms with Crippen LogP contribution in [0.3, 0.4) is 0 Å². The summed E-state index contributed by atoms with van der Waals surface area (Å²) in [6.07, 6.45) is 7.11. The van der Waals surface area contributed by atoms with Gasteiger partial charge in [0.25, 0.3) is 0 Å². The van der Waals surface area contributed by atoms with Crippen molar-refractivity contribution in [1.29, 1.82) is 0 Å². The van der Waals surface area contributed by atoms with Crippen LogP contribution in [0.2, 0.25) is 0 Å². The van der Waals surface area contributed by atoms with E-state index in [0.717, 1.165) is 30.9 Å². The molecule has 24 heavy (non-hydrogen) atoms. The fourth-order valence-electron chi connectivity index (χ4n) is 4.00. The molecule has 1 heterocycles. The van der Waals surface area contributed by atoms with Gasteiger partial charge in [-0.2, -0.15) is 0 Å². The number of rotatable bonds is 6. The van der Waals surface area contributed by atoms with Crippen molar-refractivity contribution < 1.29 is 9.90 Å². The molecule has 0 unspecified atom stereocenters. The van der Waals surface area contributed by atoms with Crippen molar-refractivity contribution in [3.63, 3.8) is 0 Å². The van der Waals surface area contributed by atoms with Gasteiger partial charge in [-0.05, 0) is 81.1 Å². The van der Waals surface area contributed by atoms with E-state index in [2.05, 4.69) is 10.2 Å². The number of piperidine rings is 1. The third-order valence-corrected chi connectivity index (χ3v) is 6.08. The van der Waals surface area contributed by atoms with Crippen LogP contribution in [-0.2, 0) is 10.2 Å². The Morgan fingerprint density at radius 1 is 1.08 bits per heavy atom. The zero-order chi connectivity index (χ0) is 16.6. The summed E-state index contributed by atoms with van der Waals surface area (Å²) >= 11 is 0. The first-order valence-corrected chi connectivity index (χ1v) is 9.46. The number of nitrogens with zero attached hydrogens (tertiary/aromatic N) is 1. The Morgan fingerprint density at radius 3 is 2.33 bits per heavy atom. The van der Waals surface area contributed by atoms with Crippen LogP contribution in [0.4, 0.5) is 0 Å². The molecule has 1 aromatic carbocycles. The zero-order valence-electron chi connectivity index (χ0n) is 14.3. The van der Waals surface area contributed by atoms with Gasteiger partial charge in [-0.15, -0.1) is 0 Å². The highest BCUT2D eigenvalue weighted by Crippen LogP contribution is 2.48. The summed E-state index contributed by atoms with van der Waals surface area (Å²) in [6, 6.07) is 7.13. The van der Waals surface area contributed by atoms with Crippen LogP contribution in [0.25, 0.3) is 0 Å². The molecule has 1 amide bonds. The summed E-state index contributed by atoms with van der Waals surface area (Å²) in [4.78, 5) is 15.3. The van der Waals surface area contributed by atoms with E-state index in [1.165, 1.54) is 45.3 Å². The number of carbonyl (C=O) groups excluding carboxylic acids is 1. The molecule has 3 fully saturated rings. The van der Waals surface area contributed by atoms with Gasteiger partial charge in [0.2, 0.25) is 5.91 Å². The predicted molar refractivity (Wildman–Crippen MR) is 93.9 cm³/mol. The van der Waals surface area contributed by atoms with Gasteiger partial charge in [0.15, 0.2) is 0 Å². The Labute approximate surface area is 144 Å². The SMILES string of the molecule is O=C(NCC1CCN(CC2CC2)CC1)C1(c2ccc(O)cc2)CC1. The lowest BCUT2D eigenvalue weighted by atomic mass is 9.93. The third-order valence-electron chi connectivity index (χ3n) is 6.08. The Hall–Kier alpha value is -1.55. The van der Waals surface area contributed by atoms with Gasteiger partial charge in [-0.3, -0.25) is 4.79 Å². The van der Waals surface area contributed by atoms with E-state index in [1.54, 1.807) is 12.1 Å². The number of carbonyl (C=O) groups is 1. The molecule has 0 atom stereocenters. The summed E-state index contributed by atoms with van der Waals surface area (Å²) in [5.74, 6) is 2.03. The van der Waals surface area contributed by atoms with Crippen molar-refractivity contribution in [2.75, 3.05) is 26.2 Å². The van der Waals surface area contributed by atoms with Crippen LogP contribution in [0.1, 0.15) is 44.1 Å². The smallest absolute Gasteiger partial charge is 0.230 e. The fourth-order valence-corrected chi connectivity index (χ4v) is 4.00. The van der Waals surface area contributed by atoms with Crippen molar-refractivity contribution in [3.8, 4) is 5.75 Å². The van der Waals surface area contributed by atoms with Crippen molar-refractivity contribution in [3.05, 3.63) is 29.8 Å². The van der Waals surface area contributed by atoms with Gasteiger partial charge >= 0.3 is 0 Å². The van der Waals surface area contributed by atoms with Crippen LogP contribution in [-0.4, -0.2) is 42.1 Å². The lowest BCUT2D eigenvalue weighted by Crippen LogP contribution is -2.42. The minimum atomic E-state index is -0.333. The largest absolute Gasteiger partial charge is 0.508 e. The van der Waals surface area contributed by atoms with E-state index < -0.39 is 0 Å². The monoisotopic (exact) mass is 328 g/mol. The molecule has 2 N–H and O–H groups in total. The number of amides is 1. The molecule has 4 heteroatoms.